The molecule has 0 radical (unpaired) electrons. The van der Waals surface area contributed by atoms with Gasteiger partial charge in [0.25, 0.3) is 0 Å². The van der Waals surface area contributed by atoms with Gasteiger partial charge in [-0.2, -0.15) is 0 Å². The van der Waals surface area contributed by atoms with Crippen LogP contribution in [-0.2, 0) is 6.54 Å². The lowest BCUT2D eigenvalue weighted by Gasteiger charge is -2.25. The first-order valence-electron chi connectivity index (χ1n) is 5.79. The molecule has 0 aliphatic rings. The van der Waals surface area contributed by atoms with E-state index in [0.29, 0.717) is 0 Å². The van der Waals surface area contributed by atoms with Gasteiger partial charge in [0.1, 0.15) is 0 Å². The number of aromatic nitrogens is 2. The van der Waals surface area contributed by atoms with Gasteiger partial charge in [-0.25, -0.2) is 4.98 Å². The Morgan fingerprint density at radius 2 is 1.93 bits per heavy atom. The summed E-state index contributed by atoms with van der Waals surface area (Å²) >= 11 is 0. The van der Waals surface area contributed by atoms with Gasteiger partial charge in [0.05, 0.1) is 6.33 Å². The van der Waals surface area contributed by atoms with Crippen LogP contribution in [0.2, 0.25) is 0 Å². The molecule has 0 aliphatic heterocycles. The molecule has 0 unspecified atom stereocenters. The summed E-state index contributed by atoms with van der Waals surface area (Å²) in [6, 6.07) is 0. The second-order valence-corrected chi connectivity index (χ2v) is 4.86. The molecule has 0 atom stereocenters. The molecule has 0 spiro atoms. The smallest absolute Gasteiger partial charge is 0.0922 e. The molecule has 2 N–H and O–H groups in total. The van der Waals surface area contributed by atoms with E-state index in [1.54, 1.807) is 6.33 Å². The molecular weight excluding hydrogens is 186 g/mol. The first-order valence-corrected chi connectivity index (χ1v) is 5.79. The minimum absolute atomic E-state index is 0.735. The van der Waals surface area contributed by atoms with Crippen molar-refractivity contribution in [1.29, 1.82) is 0 Å². The zero-order chi connectivity index (χ0) is 11.3. The predicted molar refractivity (Wildman–Crippen MR) is 63.5 cm³/mol. The Bertz CT molecular complexity index is 244. The Balaban J connectivity index is 2.28. The number of imidazole rings is 1. The number of rotatable bonds is 6. The summed E-state index contributed by atoms with van der Waals surface area (Å²) in [5.41, 5.74) is 1.15. The van der Waals surface area contributed by atoms with Crippen molar-refractivity contribution >= 4 is 0 Å². The van der Waals surface area contributed by atoms with Crippen LogP contribution in [0.1, 0.15) is 33.4 Å². The second kappa shape index (κ2) is 5.91. The van der Waals surface area contributed by atoms with E-state index < -0.39 is 0 Å². The van der Waals surface area contributed by atoms with Gasteiger partial charge in [0.2, 0.25) is 0 Å². The van der Waals surface area contributed by atoms with Gasteiger partial charge >= 0.3 is 0 Å². The molecule has 1 rings (SSSR count). The Morgan fingerprint density at radius 3 is 2.40 bits per heavy atom. The lowest BCUT2D eigenvalue weighted by molar-refractivity contribution is 0.275. The van der Waals surface area contributed by atoms with Gasteiger partial charge in [-0.05, 0) is 24.3 Å². The van der Waals surface area contributed by atoms with Crippen molar-refractivity contribution in [2.24, 2.45) is 17.8 Å². The summed E-state index contributed by atoms with van der Waals surface area (Å²) < 4.78 is 0. The summed E-state index contributed by atoms with van der Waals surface area (Å²) in [5.74, 6) is 2.21. The minimum atomic E-state index is 0.735. The van der Waals surface area contributed by atoms with Crippen molar-refractivity contribution in [1.82, 2.24) is 15.3 Å². The van der Waals surface area contributed by atoms with Crippen LogP contribution in [0.5, 0.6) is 0 Å². The highest BCUT2D eigenvalue weighted by Crippen LogP contribution is 2.19. The molecule has 15 heavy (non-hydrogen) atoms. The van der Waals surface area contributed by atoms with E-state index in [9.17, 15) is 0 Å². The van der Waals surface area contributed by atoms with Crippen molar-refractivity contribution in [2.45, 2.75) is 34.2 Å². The summed E-state index contributed by atoms with van der Waals surface area (Å²) in [6.07, 6.45) is 3.59. The Kier molecular flexibility index (Phi) is 4.82. The third-order valence-corrected chi connectivity index (χ3v) is 2.96. The SMILES string of the molecule is CC(C)C(CNCc1cnc[nH]1)C(C)C. The van der Waals surface area contributed by atoms with Crippen LogP contribution in [0.3, 0.4) is 0 Å². The molecule has 0 amide bonds. The fraction of sp³-hybridized carbons (Fsp3) is 0.750. The van der Waals surface area contributed by atoms with Crippen LogP contribution in [-0.4, -0.2) is 16.5 Å². The summed E-state index contributed by atoms with van der Waals surface area (Å²) in [6.45, 7) is 11.1. The van der Waals surface area contributed by atoms with Crippen LogP contribution >= 0.6 is 0 Å². The summed E-state index contributed by atoms with van der Waals surface area (Å²) in [7, 11) is 0. The van der Waals surface area contributed by atoms with E-state index in [1.165, 1.54) is 0 Å². The largest absolute Gasteiger partial charge is 0.347 e. The van der Waals surface area contributed by atoms with Gasteiger partial charge in [-0.1, -0.05) is 27.7 Å². The topological polar surface area (TPSA) is 40.7 Å². The number of hydrogen-bond donors (Lipinski definition) is 2. The fourth-order valence-corrected chi connectivity index (χ4v) is 2.00. The van der Waals surface area contributed by atoms with Gasteiger partial charge in [-0.15, -0.1) is 0 Å². The molecule has 0 bridgehead atoms. The lowest BCUT2D eigenvalue weighted by atomic mass is 9.85. The Labute approximate surface area is 92.7 Å². The standard InChI is InChI=1S/C12H23N3/c1-9(2)12(10(3)4)7-13-5-11-6-14-8-15-11/h6,8-10,12-13H,5,7H2,1-4H3,(H,14,15). The quantitative estimate of drug-likeness (QED) is 0.755. The maximum Gasteiger partial charge on any atom is 0.0922 e. The average Bonchev–Trinajstić information content (AvgIpc) is 2.63. The molecule has 1 heterocycles. The van der Waals surface area contributed by atoms with Crippen LogP contribution in [0, 0.1) is 17.8 Å². The number of hydrogen-bond acceptors (Lipinski definition) is 2. The number of nitrogens with one attached hydrogen (secondary N) is 2. The van der Waals surface area contributed by atoms with Crippen LogP contribution in [0.4, 0.5) is 0 Å². The third kappa shape index (κ3) is 4.04. The molecule has 3 nitrogen and oxygen atoms in total. The van der Waals surface area contributed by atoms with Crippen molar-refractivity contribution in [3.05, 3.63) is 18.2 Å². The normalized spacial score (nSPS) is 11.9. The minimum Gasteiger partial charge on any atom is -0.347 e. The van der Waals surface area contributed by atoms with E-state index in [0.717, 1.165) is 36.5 Å². The van der Waals surface area contributed by atoms with Crippen molar-refractivity contribution < 1.29 is 0 Å². The summed E-state index contributed by atoms with van der Waals surface area (Å²) in [5, 5.41) is 3.48. The number of nitrogens with zero attached hydrogens (tertiary/aromatic N) is 1. The van der Waals surface area contributed by atoms with Crippen LogP contribution in [0.15, 0.2) is 12.5 Å². The first-order chi connectivity index (χ1) is 7.11. The monoisotopic (exact) mass is 209 g/mol. The third-order valence-electron chi connectivity index (χ3n) is 2.96. The average molecular weight is 209 g/mol. The highest BCUT2D eigenvalue weighted by Gasteiger charge is 2.16. The van der Waals surface area contributed by atoms with Crippen LogP contribution in [0.25, 0.3) is 0 Å². The van der Waals surface area contributed by atoms with E-state index >= 15 is 0 Å². The molecule has 1 aromatic rings. The molecule has 0 saturated heterocycles. The predicted octanol–water partition coefficient (Wildman–Crippen LogP) is 2.43. The first kappa shape index (κ1) is 12.2. The van der Waals surface area contributed by atoms with Gasteiger partial charge in [-0.3, -0.25) is 0 Å². The Morgan fingerprint density at radius 1 is 1.27 bits per heavy atom. The highest BCUT2D eigenvalue weighted by atomic mass is 14.9. The fourth-order valence-electron chi connectivity index (χ4n) is 2.00. The maximum absolute atomic E-state index is 3.99. The molecular formula is C12H23N3. The molecule has 1 aromatic heterocycles. The molecule has 86 valence electrons. The molecule has 3 heteroatoms. The van der Waals surface area contributed by atoms with E-state index in [-0.39, 0.29) is 0 Å². The van der Waals surface area contributed by atoms with Gasteiger partial charge < -0.3 is 10.3 Å². The van der Waals surface area contributed by atoms with Crippen molar-refractivity contribution in [3.63, 3.8) is 0 Å². The van der Waals surface area contributed by atoms with E-state index in [2.05, 4.69) is 43.0 Å². The van der Waals surface area contributed by atoms with E-state index in [4.69, 9.17) is 0 Å². The van der Waals surface area contributed by atoms with Gasteiger partial charge in [0.15, 0.2) is 0 Å². The van der Waals surface area contributed by atoms with Crippen molar-refractivity contribution in [2.75, 3.05) is 6.54 Å². The van der Waals surface area contributed by atoms with E-state index in [1.807, 2.05) is 6.20 Å². The zero-order valence-electron chi connectivity index (χ0n) is 10.2. The second-order valence-electron chi connectivity index (χ2n) is 4.86. The molecule has 0 saturated carbocycles. The number of aromatic amines is 1. The molecule has 0 aromatic carbocycles. The number of H-pyrrole nitrogens is 1. The molecule has 0 fully saturated rings. The zero-order valence-corrected chi connectivity index (χ0v) is 10.2. The van der Waals surface area contributed by atoms with Crippen molar-refractivity contribution in [3.8, 4) is 0 Å². The summed E-state index contributed by atoms with van der Waals surface area (Å²) in [4.78, 5) is 7.09. The lowest BCUT2D eigenvalue weighted by Crippen LogP contribution is -2.29. The Hall–Kier alpha value is -0.830. The van der Waals surface area contributed by atoms with Gasteiger partial charge in [0, 0.05) is 18.4 Å². The molecule has 0 aliphatic carbocycles. The highest BCUT2D eigenvalue weighted by molar-refractivity contribution is 4.93. The van der Waals surface area contributed by atoms with Crippen LogP contribution < -0.4 is 5.32 Å². The maximum atomic E-state index is 3.99.